The van der Waals surface area contributed by atoms with Gasteiger partial charge in [0, 0.05) is 17.1 Å². The predicted molar refractivity (Wildman–Crippen MR) is 149 cm³/mol. The number of hydrogen-bond acceptors (Lipinski definition) is 5. The number of rotatable bonds is 10. The average Bonchev–Trinajstić information content (AvgIpc) is 2.86. The van der Waals surface area contributed by atoms with Crippen molar-refractivity contribution in [3.8, 4) is 5.75 Å². The highest BCUT2D eigenvalue weighted by Crippen LogP contribution is 2.30. The predicted octanol–water partition coefficient (Wildman–Crippen LogP) is 4.74. The highest BCUT2D eigenvalue weighted by molar-refractivity contribution is 9.10. The maximum atomic E-state index is 13.7. The second-order valence-electron chi connectivity index (χ2n) is 9.26. The summed E-state index contributed by atoms with van der Waals surface area (Å²) in [5.41, 5.74) is 1.04. The molecule has 1 fully saturated rings. The number of nitrogens with zero attached hydrogens (tertiary/aromatic N) is 2. The number of carbonyl (C=O) groups excluding carboxylic acids is 2. The standard InChI is InChI=1S/C26H33BrClN3O5S/c1-18(26(33)29-21-7-5-4-6-8-21)30(16-19-9-11-20(27)12-10-19)25(32)17-31(37(3,34)35)22-13-14-24(36-2)23(28)15-22/h9-15,18,21H,4-8,16-17H2,1-3H3,(H,29,33)/t18-/m1/s1. The molecule has 202 valence electrons. The zero-order chi connectivity index (χ0) is 27.2. The Bertz CT molecular complexity index is 1200. The summed E-state index contributed by atoms with van der Waals surface area (Å²) in [7, 11) is -2.39. The van der Waals surface area contributed by atoms with E-state index >= 15 is 0 Å². The number of sulfonamides is 1. The van der Waals surface area contributed by atoms with Gasteiger partial charge in [-0.1, -0.05) is 58.9 Å². The largest absolute Gasteiger partial charge is 0.495 e. The van der Waals surface area contributed by atoms with Crippen molar-refractivity contribution in [2.75, 3.05) is 24.2 Å². The molecule has 8 nitrogen and oxygen atoms in total. The first-order chi connectivity index (χ1) is 17.5. The minimum Gasteiger partial charge on any atom is -0.495 e. The van der Waals surface area contributed by atoms with E-state index in [2.05, 4.69) is 21.2 Å². The molecule has 0 spiro atoms. The molecule has 37 heavy (non-hydrogen) atoms. The van der Waals surface area contributed by atoms with Gasteiger partial charge in [-0.25, -0.2) is 8.42 Å². The Labute approximate surface area is 232 Å². The van der Waals surface area contributed by atoms with Crippen molar-refractivity contribution in [2.24, 2.45) is 0 Å². The first-order valence-corrected chi connectivity index (χ1v) is 15.2. The third kappa shape index (κ3) is 8.09. The lowest BCUT2D eigenvalue weighted by atomic mass is 9.95. The molecule has 2 aromatic rings. The number of nitrogens with one attached hydrogen (secondary N) is 1. The third-order valence-electron chi connectivity index (χ3n) is 6.49. The Morgan fingerprint density at radius 2 is 1.78 bits per heavy atom. The summed E-state index contributed by atoms with van der Waals surface area (Å²) in [5.74, 6) is -0.377. The summed E-state index contributed by atoms with van der Waals surface area (Å²) < 4.78 is 32.5. The zero-order valence-corrected chi connectivity index (χ0v) is 24.4. The molecule has 0 radical (unpaired) electrons. The molecule has 11 heteroatoms. The number of halogens is 2. The molecule has 0 saturated heterocycles. The van der Waals surface area contributed by atoms with E-state index in [0.717, 1.165) is 52.7 Å². The highest BCUT2D eigenvalue weighted by atomic mass is 79.9. The van der Waals surface area contributed by atoms with Crippen LogP contribution in [0.25, 0.3) is 0 Å². The molecular formula is C26H33BrClN3O5S. The Hall–Kier alpha value is -2.30. The van der Waals surface area contributed by atoms with Crippen molar-refractivity contribution in [1.82, 2.24) is 10.2 Å². The lowest BCUT2D eigenvalue weighted by Gasteiger charge is -2.33. The normalized spacial score (nSPS) is 15.1. The Morgan fingerprint density at radius 1 is 1.14 bits per heavy atom. The van der Waals surface area contributed by atoms with Crippen LogP contribution < -0.4 is 14.4 Å². The molecule has 2 aromatic carbocycles. The molecule has 1 saturated carbocycles. The molecule has 0 heterocycles. The summed E-state index contributed by atoms with van der Waals surface area (Å²) >= 11 is 9.64. The number of methoxy groups -OCH3 is 1. The van der Waals surface area contributed by atoms with Gasteiger partial charge in [-0.2, -0.15) is 0 Å². The van der Waals surface area contributed by atoms with Gasteiger partial charge in [0.1, 0.15) is 18.3 Å². The van der Waals surface area contributed by atoms with Crippen LogP contribution in [0.3, 0.4) is 0 Å². The Morgan fingerprint density at radius 3 is 2.35 bits per heavy atom. The van der Waals surface area contributed by atoms with Gasteiger partial charge in [0.05, 0.1) is 24.1 Å². The van der Waals surface area contributed by atoms with Crippen LogP contribution in [0.4, 0.5) is 5.69 Å². The fourth-order valence-electron chi connectivity index (χ4n) is 4.36. The van der Waals surface area contributed by atoms with Gasteiger partial charge in [0.25, 0.3) is 0 Å². The zero-order valence-electron chi connectivity index (χ0n) is 21.2. The quantitative estimate of drug-likeness (QED) is 0.417. The molecule has 0 unspecified atom stereocenters. The van der Waals surface area contributed by atoms with Crippen molar-refractivity contribution >= 4 is 55.1 Å². The number of benzene rings is 2. The molecule has 3 rings (SSSR count). The van der Waals surface area contributed by atoms with Crippen LogP contribution in [0, 0.1) is 0 Å². The van der Waals surface area contributed by atoms with Crippen LogP contribution in [-0.4, -0.2) is 57.1 Å². The van der Waals surface area contributed by atoms with Crippen molar-refractivity contribution in [2.45, 2.75) is 57.7 Å². The van der Waals surface area contributed by atoms with Crippen LogP contribution in [0.5, 0.6) is 5.75 Å². The average molecular weight is 615 g/mol. The van der Waals surface area contributed by atoms with E-state index in [1.54, 1.807) is 13.0 Å². The molecule has 0 aliphatic heterocycles. The van der Waals surface area contributed by atoms with E-state index in [1.165, 1.54) is 24.1 Å². The third-order valence-corrected chi connectivity index (χ3v) is 8.45. The van der Waals surface area contributed by atoms with Gasteiger partial charge in [-0.3, -0.25) is 13.9 Å². The Kier molecular flexibility index (Phi) is 10.3. The topological polar surface area (TPSA) is 96.0 Å². The van der Waals surface area contributed by atoms with Gasteiger partial charge in [0.2, 0.25) is 21.8 Å². The second-order valence-corrected chi connectivity index (χ2v) is 12.5. The number of carbonyl (C=O) groups is 2. The molecular weight excluding hydrogens is 582 g/mol. The molecule has 1 aliphatic carbocycles. The molecule has 2 amide bonds. The minimum atomic E-state index is -3.85. The van der Waals surface area contributed by atoms with Crippen molar-refractivity contribution in [3.05, 3.63) is 57.5 Å². The lowest BCUT2D eigenvalue weighted by Crippen LogP contribution is -2.52. The van der Waals surface area contributed by atoms with E-state index in [4.69, 9.17) is 16.3 Å². The molecule has 0 aromatic heterocycles. The summed E-state index contributed by atoms with van der Waals surface area (Å²) in [6, 6.07) is 11.2. The van der Waals surface area contributed by atoms with Crippen LogP contribution >= 0.6 is 27.5 Å². The molecule has 0 bridgehead atoms. The summed E-state index contributed by atoms with van der Waals surface area (Å²) in [6.45, 7) is 1.33. The maximum absolute atomic E-state index is 13.7. The van der Waals surface area contributed by atoms with Crippen molar-refractivity contribution in [3.63, 3.8) is 0 Å². The number of anilines is 1. The molecule has 1 atom stereocenters. The van der Waals surface area contributed by atoms with E-state index in [1.807, 2.05) is 24.3 Å². The number of ether oxygens (including phenoxy) is 1. The van der Waals surface area contributed by atoms with E-state index in [-0.39, 0.29) is 29.2 Å². The van der Waals surface area contributed by atoms with E-state index in [9.17, 15) is 18.0 Å². The van der Waals surface area contributed by atoms with Gasteiger partial charge in [-0.15, -0.1) is 0 Å². The fraction of sp³-hybridized carbons (Fsp3) is 0.462. The second kappa shape index (κ2) is 13.0. The number of amides is 2. The van der Waals surface area contributed by atoms with Crippen LogP contribution in [-0.2, 0) is 26.2 Å². The smallest absolute Gasteiger partial charge is 0.244 e. The van der Waals surface area contributed by atoms with Crippen LogP contribution in [0.1, 0.15) is 44.6 Å². The first-order valence-electron chi connectivity index (χ1n) is 12.1. The minimum absolute atomic E-state index is 0.0855. The van der Waals surface area contributed by atoms with Gasteiger partial charge in [-0.05, 0) is 55.7 Å². The monoisotopic (exact) mass is 613 g/mol. The lowest BCUT2D eigenvalue weighted by molar-refractivity contribution is -0.139. The van der Waals surface area contributed by atoms with Crippen molar-refractivity contribution in [1.29, 1.82) is 0 Å². The van der Waals surface area contributed by atoms with Gasteiger partial charge in [0.15, 0.2) is 0 Å². The van der Waals surface area contributed by atoms with E-state index in [0.29, 0.717) is 5.75 Å². The molecule has 1 aliphatic rings. The summed E-state index contributed by atoms with van der Waals surface area (Å²) in [5, 5.41) is 3.30. The van der Waals surface area contributed by atoms with Crippen molar-refractivity contribution < 1.29 is 22.7 Å². The van der Waals surface area contributed by atoms with Gasteiger partial charge >= 0.3 is 0 Å². The molecule has 1 N–H and O–H groups in total. The SMILES string of the molecule is COc1ccc(N(CC(=O)N(Cc2ccc(Br)cc2)[C@H](C)C(=O)NC2CCCCC2)S(C)(=O)=O)cc1Cl. The number of hydrogen-bond donors (Lipinski definition) is 1. The van der Waals surface area contributed by atoms with Gasteiger partial charge < -0.3 is 15.0 Å². The van der Waals surface area contributed by atoms with E-state index < -0.39 is 28.5 Å². The highest BCUT2D eigenvalue weighted by Gasteiger charge is 2.31. The summed E-state index contributed by atoms with van der Waals surface area (Å²) in [6.07, 6.45) is 6.14. The van der Waals surface area contributed by atoms with Crippen LogP contribution in [0.15, 0.2) is 46.9 Å². The maximum Gasteiger partial charge on any atom is 0.244 e. The summed E-state index contributed by atoms with van der Waals surface area (Å²) in [4.78, 5) is 28.3. The first kappa shape index (κ1) is 29.3. The fourth-order valence-corrected chi connectivity index (χ4v) is 5.72. The van der Waals surface area contributed by atoms with Crippen LogP contribution in [0.2, 0.25) is 5.02 Å². The Balaban J connectivity index is 1.88.